The smallest absolute Gasteiger partial charge is 0.416 e. The van der Waals surface area contributed by atoms with Crippen LogP contribution in [0.3, 0.4) is 0 Å². The fourth-order valence-corrected chi connectivity index (χ4v) is 3.83. The van der Waals surface area contributed by atoms with Crippen LogP contribution in [0.2, 0.25) is 0 Å². The van der Waals surface area contributed by atoms with Crippen LogP contribution < -0.4 is 5.32 Å². The lowest BCUT2D eigenvalue weighted by atomic mass is 10.1. The molecular weight excluding hydrogens is 463 g/mol. The molecule has 2 aromatic carbocycles. The van der Waals surface area contributed by atoms with E-state index in [4.69, 9.17) is 4.42 Å². The number of carbonyl (C=O) groups is 1. The predicted octanol–water partition coefficient (Wildman–Crippen LogP) is 6.29. The molecule has 0 radical (unpaired) electrons. The maximum Gasteiger partial charge on any atom is 0.416 e. The van der Waals surface area contributed by atoms with Gasteiger partial charge in [0.05, 0.1) is 17.0 Å². The van der Waals surface area contributed by atoms with Gasteiger partial charge in [-0.25, -0.2) is 0 Å². The Bertz CT molecular complexity index is 1270. The summed E-state index contributed by atoms with van der Waals surface area (Å²) < 4.78 is 44.1. The Morgan fingerprint density at radius 2 is 1.79 bits per heavy atom. The van der Waals surface area contributed by atoms with Gasteiger partial charge in [-0.05, 0) is 48.9 Å². The number of aryl methyl sites for hydroxylation is 1. The van der Waals surface area contributed by atoms with Crippen LogP contribution in [0, 0.1) is 6.92 Å². The standard InChI is InChI=1S/C25H20F3N3O2S/c1-16-5-7-18(8-6-16)21-10-12-23(31-30-21)34-15-20-9-11-22(33-20)24(32)29-14-17-3-2-4-19(13-17)25(26,27)28/h2-13H,14-15H2,1H3,(H,29,32). The van der Waals surface area contributed by atoms with Crippen LogP contribution in [0.15, 0.2) is 82.2 Å². The fraction of sp³-hybridized carbons (Fsp3) is 0.160. The molecule has 0 fully saturated rings. The van der Waals surface area contributed by atoms with Crippen molar-refractivity contribution in [3.63, 3.8) is 0 Å². The Morgan fingerprint density at radius 3 is 2.50 bits per heavy atom. The molecule has 1 N–H and O–H groups in total. The average molecular weight is 484 g/mol. The van der Waals surface area contributed by atoms with E-state index in [9.17, 15) is 18.0 Å². The number of thioether (sulfide) groups is 1. The number of halogens is 3. The Kier molecular flexibility index (Phi) is 7.02. The highest BCUT2D eigenvalue weighted by molar-refractivity contribution is 7.98. The summed E-state index contributed by atoms with van der Waals surface area (Å²) in [5.74, 6) is 0.595. The molecule has 0 bridgehead atoms. The van der Waals surface area contributed by atoms with Crippen molar-refractivity contribution < 1.29 is 22.4 Å². The highest BCUT2D eigenvalue weighted by Crippen LogP contribution is 2.29. The number of alkyl halides is 3. The van der Waals surface area contributed by atoms with Crippen molar-refractivity contribution in [2.75, 3.05) is 0 Å². The highest BCUT2D eigenvalue weighted by atomic mass is 32.2. The summed E-state index contributed by atoms with van der Waals surface area (Å²) in [6, 6.07) is 19.8. The maximum absolute atomic E-state index is 12.8. The van der Waals surface area contributed by atoms with E-state index in [-0.39, 0.29) is 12.3 Å². The van der Waals surface area contributed by atoms with E-state index in [0.717, 1.165) is 23.4 Å². The van der Waals surface area contributed by atoms with E-state index in [1.165, 1.54) is 35.5 Å². The highest BCUT2D eigenvalue weighted by Gasteiger charge is 2.30. The molecular formula is C25H20F3N3O2S. The minimum absolute atomic E-state index is 0.0452. The van der Waals surface area contributed by atoms with Crippen molar-refractivity contribution in [1.29, 1.82) is 0 Å². The summed E-state index contributed by atoms with van der Waals surface area (Å²) in [5.41, 5.74) is 2.53. The predicted molar refractivity (Wildman–Crippen MR) is 123 cm³/mol. The number of hydrogen-bond donors (Lipinski definition) is 1. The molecule has 0 spiro atoms. The number of furan rings is 1. The number of rotatable bonds is 7. The third-order valence-corrected chi connectivity index (χ3v) is 5.88. The van der Waals surface area contributed by atoms with Crippen molar-refractivity contribution in [3.05, 3.63) is 101 Å². The molecule has 0 saturated carbocycles. The molecule has 0 aliphatic carbocycles. The molecule has 0 aliphatic rings. The first kappa shape index (κ1) is 23.6. The molecule has 2 heterocycles. The van der Waals surface area contributed by atoms with Gasteiger partial charge >= 0.3 is 6.18 Å². The van der Waals surface area contributed by atoms with Crippen molar-refractivity contribution in [1.82, 2.24) is 15.5 Å². The zero-order chi connectivity index (χ0) is 24.1. The summed E-state index contributed by atoms with van der Waals surface area (Å²) in [6.07, 6.45) is -4.43. The van der Waals surface area contributed by atoms with Crippen LogP contribution in [-0.4, -0.2) is 16.1 Å². The van der Waals surface area contributed by atoms with Crippen LogP contribution in [0.5, 0.6) is 0 Å². The normalized spacial score (nSPS) is 11.4. The summed E-state index contributed by atoms with van der Waals surface area (Å²) in [4.78, 5) is 12.3. The molecule has 0 unspecified atom stereocenters. The first-order chi connectivity index (χ1) is 16.3. The lowest BCUT2D eigenvalue weighted by molar-refractivity contribution is -0.137. The van der Waals surface area contributed by atoms with Crippen LogP contribution in [-0.2, 0) is 18.5 Å². The van der Waals surface area contributed by atoms with Gasteiger partial charge in [0, 0.05) is 12.1 Å². The number of carbonyl (C=O) groups excluding carboxylic acids is 1. The Balaban J connectivity index is 1.30. The summed E-state index contributed by atoms with van der Waals surface area (Å²) >= 11 is 1.41. The minimum atomic E-state index is -4.43. The maximum atomic E-state index is 12.8. The van der Waals surface area contributed by atoms with Crippen LogP contribution in [0.4, 0.5) is 13.2 Å². The minimum Gasteiger partial charge on any atom is -0.455 e. The lowest BCUT2D eigenvalue weighted by Gasteiger charge is -2.09. The third-order valence-electron chi connectivity index (χ3n) is 4.94. The molecule has 5 nitrogen and oxygen atoms in total. The summed E-state index contributed by atoms with van der Waals surface area (Å²) in [6.45, 7) is 1.98. The topological polar surface area (TPSA) is 68.0 Å². The van der Waals surface area contributed by atoms with E-state index in [0.29, 0.717) is 22.1 Å². The largest absolute Gasteiger partial charge is 0.455 e. The molecule has 0 saturated heterocycles. The molecule has 0 aliphatic heterocycles. The van der Waals surface area contributed by atoms with Gasteiger partial charge in [0.15, 0.2) is 5.76 Å². The second kappa shape index (κ2) is 10.1. The van der Waals surface area contributed by atoms with Gasteiger partial charge in [-0.3, -0.25) is 4.79 Å². The molecule has 4 aromatic rings. The summed E-state index contributed by atoms with van der Waals surface area (Å²) in [5, 5.41) is 11.8. The Morgan fingerprint density at radius 1 is 1.00 bits per heavy atom. The van der Waals surface area contributed by atoms with Gasteiger partial charge in [0.25, 0.3) is 5.91 Å². The van der Waals surface area contributed by atoms with Crippen LogP contribution >= 0.6 is 11.8 Å². The number of amides is 1. The fourth-order valence-electron chi connectivity index (χ4n) is 3.12. The van der Waals surface area contributed by atoms with E-state index in [2.05, 4.69) is 15.5 Å². The number of aromatic nitrogens is 2. The molecule has 174 valence electrons. The van der Waals surface area contributed by atoms with E-state index >= 15 is 0 Å². The number of hydrogen-bond acceptors (Lipinski definition) is 5. The van der Waals surface area contributed by atoms with Crippen molar-refractivity contribution in [2.24, 2.45) is 0 Å². The third kappa shape index (κ3) is 6.05. The van der Waals surface area contributed by atoms with E-state index < -0.39 is 17.6 Å². The first-order valence-corrected chi connectivity index (χ1v) is 11.3. The van der Waals surface area contributed by atoms with E-state index in [1.54, 1.807) is 6.07 Å². The average Bonchev–Trinajstić information content (AvgIpc) is 3.31. The quantitative estimate of drug-likeness (QED) is 0.313. The Labute approximate surface area is 198 Å². The summed E-state index contributed by atoms with van der Waals surface area (Å²) in [7, 11) is 0. The number of nitrogens with zero attached hydrogens (tertiary/aromatic N) is 2. The zero-order valence-corrected chi connectivity index (χ0v) is 18.9. The van der Waals surface area contributed by atoms with Crippen LogP contribution in [0.1, 0.15) is 33.0 Å². The number of benzene rings is 2. The van der Waals surface area contributed by atoms with Crippen molar-refractivity contribution in [3.8, 4) is 11.3 Å². The van der Waals surface area contributed by atoms with Crippen molar-refractivity contribution >= 4 is 17.7 Å². The SMILES string of the molecule is Cc1ccc(-c2ccc(SCc3ccc(C(=O)NCc4cccc(C(F)(F)F)c4)o3)nn2)cc1. The lowest BCUT2D eigenvalue weighted by Crippen LogP contribution is -2.22. The molecule has 34 heavy (non-hydrogen) atoms. The monoisotopic (exact) mass is 483 g/mol. The molecule has 9 heteroatoms. The van der Waals surface area contributed by atoms with E-state index in [1.807, 2.05) is 43.3 Å². The van der Waals surface area contributed by atoms with Gasteiger partial charge < -0.3 is 9.73 Å². The molecule has 4 rings (SSSR count). The van der Waals surface area contributed by atoms with Gasteiger partial charge in [-0.2, -0.15) is 13.2 Å². The molecule has 1 amide bonds. The van der Waals surface area contributed by atoms with Crippen molar-refractivity contribution in [2.45, 2.75) is 30.4 Å². The van der Waals surface area contributed by atoms with Gasteiger partial charge in [-0.15, -0.1) is 10.2 Å². The van der Waals surface area contributed by atoms with Gasteiger partial charge in [-0.1, -0.05) is 53.7 Å². The first-order valence-electron chi connectivity index (χ1n) is 10.3. The second-order valence-corrected chi connectivity index (χ2v) is 8.55. The Hall–Kier alpha value is -3.59. The zero-order valence-electron chi connectivity index (χ0n) is 18.1. The van der Waals surface area contributed by atoms with Gasteiger partial charge in [0.1, 0.15) is 10.8 Å². The molecule has 0 atom stereocenters. The van der Waals surface area contributed by atoms with Gasteiger partial charge in [0.2, 0.25) is 0 Å². The van der Waals surface area contributed by atoms with Crippen LogP contribution in [0.25, 0.3) is 11.3 Å². The second-order valence-electron chi connectivity index (χ2n) is 7.56. The number of nitrogens with one attached hydrogen (secondary N) is 1. The molecule has 2 aromatic heterocycles.